The van der Waals surface area contributed by atoms with Crippen molar-refractivity contribution in [1.82, 2.24) is 9.97 Å². The van der Waals surface area contributed by atoms with E-state index in [0.717, 1.165) is 25.2 Å². The van der Waals surface area contributed by atoms with E-state index >= 15 is 0 Å². The SMILES string of the molecule is CCCN(CCC)c1cc(C(F)(F)F)ncn1. The average Bonchev–Trinajstić information content (AvgIpc) is 2.28. The third kappa shape index (κ3) is 3.87. The lowest BCUT2D eigenvalue weighted by molar-refractivity contribution is -0.141. The van der Waals surface area contributed by atoms with Crippen molar-refractivity contribution in [1.29, 1.82) is 0 Å². The van der Waals surface area contributed by atoms with Gasteiger partial charge in [-0.15, -0.1) is 0 Å². The third-order valence-corrected chi connectivity index (χ3v) is 2.25. The fourth-order valence-corrected chi connectivity index (χ4v) is 1.56. The number of alkyl halides is 3. The molecule has 0 unspecified atom stereocenters. The van der Waals surface area contributed by atoms with Gasteiger partial charge < -0.3 is 4.90 Å². The van der Waals surface area contributed by atoms with Gasteiger partial charge in [0.15, 0.2) is 0 Å². The quantitative estimate of drug-likeness (QED) is 0.800. The van der Waals surface area contributed by atoms with Gasteiger partial charge in [-0.2, -0.15) is 13.2 Å². The lowest BCUT2D eigenvalue weighted by atomic mass is 10.3. The number of anilines is 1. The zero-order valence-corrected chi connectivity index (χ0v) is 9.96. The Morgan fingerprint density at radius 1 is 1.12 bits per heavy atom. The Morgan fingerprint density at radius 2 is 1.71 bits per heavy atom. The van der Waals surface area contributed by atoms with Crippen LogP contribution in [-0.4, -0.2) is 23.1 Å². The molecule has 0 radical (unpaired) electrons. The van der Waals surface area contributed by atoms with E-state index in [0.29, 0.717) is 18.9 Å². The summed E-state index contributed by atoms with van der Waals surface area (Å²) in [5, 5.41) is 0. The number of rotatable bonds is 5. The number of hydrogen-bond acceptors (Lipinski definition) is 3. The lowest BCUT2D eigenvalue weighted by Crippen LogP contribution is -2.26. The highest BCUT2D eigenvalue weighted by Crippen LogP contribution is 2.28. The molecule has 0 fully saturated rings. The Bertz CT molecular complexity index is 346. The van der Waals surface area contributed by atoms with Crippen molar-refractivity contribution in [2.24, 2.45) is 0 Å². The van der Waals surface area contributed by atoms with Crippen molar-refractivity contribution in [3.8, 4) is 0 Å². The number of nitrogens with zero attached hydrogens (tertiary/aromatic N) is 3. The topological polar surface area (TPSA) is 29.0 Å². The molecule has 0 bridgehead atoms. The highest BCUT2D eigenvalue weighted by molar-refractivity contribution is 5.39. The molecule has 1 aromatic heterocycles. The maximum atomic E-state index is 12.5. The van der Waals surface area contributed by atoms with Gasteiger partial charge in [0.2, 0.25) is 0 Å². The monoisotopic (exact) mass is 247 g/mol. The van der Waals surface area contributed by atoms with E-state index in [-0.39, 0.29) is 0 Å². The zero-order chi connectivity index (χ0) is 12.9. The lowest BCUT2D eigenvalue weighted by Gasteiger charge is -2.22. The number of halogens is 3. The van der Waals surface area contributed by atoms with Crippen LogP contribution in [0.2, 0.25) is 0 Å². The Balaban J connectivity index is 2.95. The van der Waals surface area contributed by atoms with E-state index in [4.69, 9.17) is 0 Å². The van der Waals surface area contributed by atoms with E-state index in [9.17, 15) is 13.2 Å². The second kappa shape index (κ2) is 5.84. The van der Waals surface area contributed by atoms with Gasteiger partial charge in [0.25, 0.3) is 0 Å². The minimum Gasteiger partial charge on any atom is -0.357 e. The molecule has 0 aliphatic rings. The summed E-state index contributed by atoms with van der Waals surface area (Å²) in [7, 11) is 0. The van der Waals surface area contributed by atoms with Crippen molar-refractivity contribution in [2.75, 3.05) is 18.0 Å². The van der Waals surface area contributed by atoms with Gasteiger partial charge in [0, 0.05) is 19.2 Å². The van der Waals surface area contributed by atoms with Crippen molar-refractivity contribution in [3.05, 3.63) is 18.1 Å². The molecule has 0 N–H and O–H groups in total. The third-order valence-electron chi connectivity index (χ3n) is 2.25. The Labute approximate surface area is 98.7 Å². The van der Waals surface area contributed by atoms with E-state index in [1.165, 1.54) is 0 Å². The van der Waals surface area contributed by atoms with Crippen molar-refractivity contribution in [3.63, 3.8) is 0 Å². The van der Waals surface area contributed by atoms with Crippen LogP contribution >= 0.6 is 0 Å². The molecule has 1 rings (SSSR count). The van der Waals surface area contributed by atoms with Crippen LogP contribution in [0.3, 0.4) is 0 Å². The molecular formula is C11H16F3N3. The number of aromatic nitrogens is 2. The van der Waals surface area contributed by atoms with Gasteiger partial charge in [-0.25, -0.2) is 9.97 Å². The first-order valence-electron chi connectivity index (χ1n) is 5.63. The minimum absolute atomic E-state index is 0.344. The molecule has 17 heavy (non-hydrogen) atoms. The van der Waals surface area contributed by atoms with Crippen LogP contribution in [0.4, 0.5) is 19.0 Å². The predicted octanol–water partition coefficient (Wildman–Crippen LogP) is 3.12. The molecule has 0 aliphatic carbocycles. The summed E-state index contributed by atoms with van der Waals surface area (Å²) >= 11 is 0. The van der Waals surface area contributed by atoms with Crippen LogP contribution in [0.1, 0.15) is 32.4 Å². The molecule has 0 spiro atoms. The van der Waals surface area contributed by atoms with Crippen molar-refractivity contribution in [2.45, 2.75) is 32.9 Å². The van der Waals surface area contributed by atoms with Gasteiger partial charge in [-0.05, 0) is 12.8 Å². The standard InChI is InChI=1S/C11H16F3N3/c1-3-5-17(6-4-2)10-7-9(11(12,13)14)15-8-16-10/h7-8H,3-6H2,1-2H3. The molecule has 0 aliphatic heterocycles. The molecule has 0 atom stereocenters. The summed E-state index contributed by atoms with van der Waals surface area (Å²) in [5.74, 6) is 0.344. The van der Waals surface area contributed by atoms with Gasteiger partial charge in [0.05, 0.1) is 0 Å². The smallest absolute Gasteiger partial charge is 0.357 e. The molecule has 0 amide bonds. The summed E-state index contributed by atoms with van der Waals surface area (Å²) in [6.07, 6.45) is -1.71. The summed E-state index contributed by atoms with van der Waals surface area (Å²) < 4.78 is 37.5. The molecule has 0 saturated heterocycles. The summed E-state index contributed by atoms with van der Waals surface area (Å²) in [4.78, 5) is 9.00. The molecular weight excluding hydrogens is 231 g/mol. The van der Waals surface area contributed by atoms with Gasteiger partial charge in [-0.1, -0.05) is 13.8 Å². The highest BCUT2D eigenvalue weighted by Gasteiger charge is 2.33. The van der Waals surface area contributed by atoms with E-state index < -0.39 is 11.9 Å². The molecule has 3 nitrogen and oxygen atoms in total. The Morgan fingerprint density at radius 3 is 2.18 bits per heavy atom. The second-order valence-corrected chi connectivity index (χ2v) is 3.75. The molecule has 0 saturated carbocycles. The van der Waals surface area contributed by atoms with Crippen molar-refractivity contribution < 1.29 is 13.2 Å². The number of hydrogen-bond donors (Lipinski definition) is 0. The summed E-state index contributed by atoms with van der Waals surface area (Å²) in [6, 6.07) is 1.01. The maximum Gasteiger partial charge on any atom is 0.433 e. The average molecular weight is 247 g/mol. The summed E-state index contributed by atoms with van der Waals surface area (Å²) in [5.41, 5.74) is -0.889. The van der Waals surface area contributed by atoms with Crippen molar-refractivity contribution >= 4 is 5.82 Å². The Hall–Kier alpha value is -1.33. The largest absolute Gasteiger partial charge is 0.433 e. The maximum absolute atomic E-state index is 12.5. The first-order valence-corrected chi connectivity index (χ1v) is 5.63. The fraction of sp³-hybridized carbons (Fsp3) is 0.636. The van der Waals surface area contributed by atoms with Gasteiger partial charge >= 0.3 is 6.18 Å². The molecule has 0 aromatic carbocycles. The predicted molar refractivity (Wildman–Crippen MR) is 59.8 cm³/mol. The van der Waals surface area contributed by atoms with Gasteiger partial charge in [0.1, 0.15) is 17.8 Å². The fourth-order valence-electron chi connectivity index (χ4n) is 1.56. The van der Waals surface area contributed by atoms with Crippen LogP contribution in [0.15, 0.2) is 12.4 Å². The summed E-state index contributed by atoms with van der Waals surface area (Å²) in [6.45, 7) is 5.35. The highest BCUT2D eigenvalue weighted by atomic mass is 19.4. The molecule has 1 aromatic rings. The van der Waals surface area contributed by atoms with Crippen LogP contribution in [0, 0.1) is 0 Å². The molecule has 6 heteroatoms. The zero-order valence-electron chi connectivity index (χ0n) is 9.96. The van der Waals surface area contributed by atoms with E-state index in [2.05, 4.69) is 9.97 Å². The van der Waals surface area contributed by atoms with Crippen LogP contribution in [-0.2, 0) is 6.18 Å². The van der Waals surface area contributed by atoms with E-state index in [1.54, 1.807) is 0 Å². The van der Waals surface area contributed by atoms with Crippen LogP contribution in [0.25, 0.3) is 0 Å². The molecule has 96 valence electrons. The minimum atomic E-state index is -4.41. The molecule has 1 heterocycles. The Kier molecular flexibility index (Phi) is 4.72. The van der Waals surface area contributed by atoms with Crippen LogP contribution in [0.5, 0.6) is 0 Å². The first-order chi connectivity index (χ1) is 7.99. The van der Waals surface area contributed by atoms with Crippen LogP contribution < -0.4 is 4.90 Å². The first kappa shape index (κ1) is 13.7. The second-order valence-electron chi connectivity index (χ2n) is 3.75. The normalized spacial score (nSPS) is 11.6. The van der Waals surface area contributed by atoms with E-state index in [1.807, 2.05) is 18.7 Å². The van der Waals surface area contributed by atoms with Gasteiger partial charge in [-0.3, -0.25) is 0 Å².